The highest BCUT2D eigenvalue weighted by molar-refractivity contribution is 7.89. The molecule has 1 aliphatic rings. The van der Waals surface area contributed by atoms with Gasteiger partial charge in [-0.2, -0.15) is 9.40 Å². The summed E-state index contributed by atoms with van der Waals surface area (Å²) in [5, 5.41) is 6.80. The van der Waals surface area contributed by atoms with Crippen molar-refractivity contribution in [2.45, 2.75) is 63.8 Å². The van der Waals surface area contributed by atoms with Gasteiger partial charge in [-0.05, 0) is 33.1 Å². The van der Waals surface area contributed by atoms with E-state index >= 15 is 0 Å². The first kappa shape index (κ1) is 14.5. The van der Waals surface area contributed by atoms with Crippen LogP contribution in [-0.2, 0) is 10.0 Å². The van der Waals surface area contributed by atoms with E-state index in [0.29, 0.717) is 22.8 Å². The molecular weight excluding hydrogens is 262 g/mol. The van der Waals surface area contributed by atoms with Crippen LogP contribution in [0.4, 0.5) is 0 Å². The number of H-pyrrole nitrogens is 1. The van der Waals surface area contributed by atoms with E-state index in [1.807, 2.05) is 0 Å². The zero-order valence-electron chi connectivity index (χ0n) is 11.9. The Bertz CT molecular complexity index is 517. The molecule has 0 spiro atoms. The first-order valence-electron chi connectivity index (χ1n) is 7.02. The quantitative estimate of drug-likeness (QED) is 0.927. The van der Waals surface area contributed by atoms with Crippen LogP contribution in [0.15, 0.2) is 4.90 Å². The number of aromatic nitrogens is 2. The molecule has 1 aliphatic heterocycles. The maximum absolute atomic E-state index is 12.9. The molecule has 1 unspecified atom stereocenters. The maximum atomic E-state index is 12.9. The second-order valence-electron chi connectivity index (χ2n) is 5.29. The predicted molar refractivity (Wildman–Crippen MR) is 74.5 cm³/mol. The number of nitrogens with zero attached hydrogens (tertiary/aromatic N) is 2. The van der Waals surface area contributed by atoms with Crippen molar-refractivity contribution < 1.29 is 8.42 Å². The topological polar surface area (TPSA) is 66.1 Å². The summed E-state index contributed by atoms with van der Waals surface area (Å²) in [6, 6.07) is 0.126. The van der Waals surface area contributed by atoms with E-state index < -0.39 is 10.0 Å². The highest BCUT2D eigenvalue weighted by atomic mass is 32.2. The van der Waals surface area contributed by atoms with E-state index in [1.54, 1.807) is 18.2 Å². The van der Waals surface area contributed by atoms with Crippen LogP contribution < -0.4 is 0 Å². The third kappa shape index (κ3) is 2.69. The van der Waals surface area contributed by atoms with Crippen LogP contribution in [-0.4, -0.2) is 35.5 Å². The minimum Gasteiger partial charge on any atom is -0.281 e. The number of nitrogens with one attached hydrogen (secondary N) is 1. The van der Waals surface area contributed by atoms with Gasteiger partial charge in [0.1, 0.15) is 4.90 Å². The summed E-state index contributed by atoms with van der Waals surface area (Å²) >= 11 is 0. The molecule has 2 heterocycles. The van der Waals surface area contributed by atoms with Crippen molar-refractivity contribution in [3.8, 4) is 0 Å². The lowest BCUT2D eigenvalue weighted by molar-refractivity contribution is 0.315. The zero-order valence-corrected chi connectivity index (χ0v) is 12.8. The summed E-state index contributed by atoms with van der Waals surface area (Å²) in [6.07, 6.45) is 5.02. The minimum absolute atomic E-state index is 0.126. The summed E-state index contributed by atoms with van der Waals surface area (Å²) in [7, 11) is -3.43. The molecule has 19 heavy (non-hydrogen) atoms. The van der Waals surface area contributed by atoms with Gasteiger partial charge in [0.05, 0.1) is 11.4 Å². The first-order chi connectivity index (χ1) is 8.98. The standard InChI is InChI=1S/C13H23N3O2S/c1-4-12-8-6-5-7-9-16(12)19(17,18)13-10(2)14-15-11(13)3/h12H,4-9H2,1-3H3,(H,14,15). The van der Waals surface area contributed by atoms with Gasteiger partial charge in [0.15, 0.2) is 0 Å². The lowest BCUT2D eigenvalue weighted by Gasteiger charge is -2.28. The summed E-state index contributed by atoms with van der Waals surface area (Å²) in [6.45, 7) is 6.21. The monoisotopic (exact) mass is 285 g/mol. The van der Waals surface area contributed by atoms with Gasteiger partial charge in [0.2, 0.25) is 10.0 Å². The van der Waals surface area contributed by atoms with Crippen molar-refractivity contribution in [2.75, 3.05) is 6.54 Å². The molecule has 0 radical (unpaired) electrons. The molecule has 5 nitrogen and oxygen atoms in total. The smallest absolute Gasteiger partial charge is 0.246 e. The van der Waals surface area contributed by atoms with E-state index in [4.69, 9.17) is 0 Å². The second-order valence-corrected chi connectivity index (χ2v) is 7.12. The highest BCUT2D eigenvalue weighted by Crippen LogP contribution is 2.28. The number of sulfonamides is 1. The lowest BCUT2D eigenvalue weighted by atomic mass is 10.1. The van der Waals surface area contributed by atoms with E-state index in [2.05, 4.69) is 17.1 Å². The zero-order chi connectivity index (χ0) is 14.0. The molecule has 0 amide bonds. The Morgan fingerprint density at radius 3 is 2.63 bits per heavy atom. The molecule has 108 valence electrons. The first-order valence-corrected chi connectivity index (χ1v) is 8.46. The Labute approximate surface area is 115 Å². The lowest BCUT2D eigenvalue weighted by Crippen LogP contribution is -2.40. The predicted octanol–water partition coefficient (Wildman–Crippen LogP) is 2.37. The highest BCUT2D eigenvalue weighted by Gasteiger charge is 2.34. The molecule has 0 saturated carbocycles. The fourth-order valence-electron chi connectivity index (χ4n) is 2.91. The van der Waals surface area contributed by atoms with Crippen LogP contribution in [0, 0.1) is 13.8 Å². The largest absolute Gasteiger partial charge is 0.281 e. The van der Waals surface area contributed by atoms with Gasteiger partial charge in [-0.15, -0.1) is 0 Å². The molecule has 1 saturated heterocycles. The number of aromatic amines is 1. The van der Waals surface area contributed by atoms with Gasteiger partial charge in [0, 0.05) is 12.6 Å². The summed E-state index contributed by atoms with van der Waals surface area (Å²) in [4.78, 5) is 0.368. The molecule has 2 rings (SSSR count). The van der Waals surface area contributed by atoms with Crippen molar-refractivity contribution in [2.24, 2.45) is 0 Å². The Morgan fingerprint density at radius 1 is 1.32 bits per heavy atom. The fourth-order valence-corrected chi connectivity index (χ4v) is 5.02. The third-order valence-electron chi connectivity index (χ3n) is 3.92. The van der Waals surface area contributed by atoms with Crippen LogP contribution in [0.5, 0.6) is 0 Å². The van der Waals surface area contributed by atoms with E-state index in [9.17, 15) is 8.42 Å². The molecule has 1 aromatic heterocycles. The third-order valence-corrected chi connectivity index (χ3v) is 6.14. The van der Waals surface area contributed by atoms with Crippen LogP contribution in [0.1, 0.15) is 50.4 Å². The molecule has 6 heteroatoms. The molecule has 0 aliphatic carbocycles. The summed E-state index contributed by atoms with van der Waals surface area (Å²) in [5.41, 5.74) is 1.20. The number of rotatable bonds is 3. The average molecular weight is 285 g/mol. The summed E-state index contributed by atoms with van der Waals surface area (Å²) in [5.74, 6) is 0. The van der Waals surface area contributed by atoms with E-state index in [1.165, 1.54) is 0 Å². The molecule has 1 atom stereocenters. The maximum Gasteiger partial charge on any atom is 0.246 e. The number of aryl methyl sites for hydroxylation is 2. The van der Waals surface area contributed by atoms with Crippen LogP contribution in [0.25, 0.3) is 0 Å². The van der Waals surface area contributed by atoms with Gasteiger partial charge in [-0.3, -0.25) is 5.10 Å². The molecular formula is C13H23N3O2S. The molecule has 1 aromatic rings. The molecule has 0 bridgehead atoms. The van der Waals surface area contributed by atoms with E-state index in [-0.39, 0.29) is 6.04 Å². The second kappa shape index (κ2) is 5.63. The van der Waals surface area contributed by atoms with Gasteiger partial charge in [0.25, 0.3) is 0 Å². The normalized spacial score (nSPS) is 22.4. The van der Waals surface area contributed by atoms with Gasteiger partial charge in [-0.25, -0.2) is 8.42 Å². The fraction of sp³-hybridized carbons (Fsp3) is 0.769. The van der Waals surface area contributed by atoms with Gasteiger partial charge < -0.3 is 0 Å². The van der Waals surface area contributed by atoms with Crippen LogP contribution in [0.3, 0.4) is 0 Å². The van der Waals surface area contributed by atoms with Gasteiger partial charge >= 0.3 is 0 Å². The van der Waals surface area contributed by atoms with Crippen molar-refractivity contribution in [3.63, 3.8) is 0 Å². The Hall–Kier alpha value is -0.880. The van der Waals surface area contributed by atoms with E-state index in [0.717, 1.165) is 32.1 Å². The minimum atomic E-state index is -3.43. The molecule has 1 fully saturated rings. The average Bonchev–Trinajstić information content (AvgIpc) is 2.59. The summed E-state index contributed by atoms with van der Waals surface area (Å²) < 4.78 is 27.5. The Morgan fingerprint density at radius 2 is 2.05 bits per heavy atom. The van der Waals surface area contributed by atoms with Gasteiger partial charge in [-0.1, -0.05) is 19.8 Å². The molecule has 0 aromatic carbocycles. The van der Waals surface area contributed by atoms with Crippen molar-refractivity contribution in [1.82, 2.24) is 14.5 Å². The van der Waals surface area contributed by atoms with Crippen LogP contribution in [0.2, 0.25) is 0 Å². The SMILES string of the molecule is CCC1CCCCCN1S(=O)(=O)c1c(C)n[nH]c1C. The Kier molecular flexibility index (Phi) is 4.30. The van der Waals surface area contributed by atoms with Crippen molar-refractivity contribution in [3.05, 3.63) is 11.4 Å². The van der Waals surface area contributed by atoms with Crippen molar-refractivity contribution in [1.29, 1.82) is 0 Å². The molecule has 1 N–H and O–H groups in total. The number of hydrogen-bond acceptors (Lipinski definition) is 3. The Balaban J connectivity index is 2.42. The van der Waals surface area contributed by atoms with Crippen LogP contribution >= 0.6 is 0 Å². The number of hydrogen-bond donors (Lipinski definition) is 1. The van der Waals surface area contributed by atoms with Crippen molar-refractivity contribution >= 4 is 10.0 Å².